The van der Waals surface area contributed by atoms with Crippen LogP contribution in [0, 0.1) is 0 Å². The highest BCUT2D eigenvalue weighted by atomic mass is 33.1. The molecule has 4 nitrogen and oxygen atoms in total. The van der Waals surface area contributed by atoms with Crippen molar-refractivity contribution in [2.75, 3.05) is 6.26 Å². The lowest BCUT2D eigenvalue weighted by molar-refractivity contribution is 0.00578. The molecule has 3 heterocycles. The summed E-state index contributed by atoms with van der Waals surface area (Å²) in [6, 6.07) is 27.9. The first-order chi connectivity index (χ1) is 22.6. The smallest absolute Gasteiger partial charge is 0.456 e. The lowest BCUT2D eigenvalue weighted by Crippen LogP contribution is -2.41. The van der Waals surface area contributed by atoms with Crippen LogP contribution in [0.5, 0.6) is 0 Å². The van der Waals surface area contributed by atoms with E-state index in [1.165, 1.54) is 10.8 Å². The molecule has 0 radical (unpaired) electrons. The van der Waals surface area contributed by atoms with Crippen molar-refractivity contribution in [3.05, 3.63) is 103 Å². The lowest BCUT2D eigenvalue weighted by Gasteiger charge is -2.32. The Bertz CT molecular complexity index is 2350. The van der Waals surface area contributed by atoms with E-state index in [0.717, 1.165) is 82.4 Å². The number of benzene rings is 5. The molecule has 47 heavy (non-hydrogen) atoms. The molecule has 5 aromatic carbocycles. The summed E-state index contributed by atoms with van der Waals surface area (Å²) in [5.74, 6) is 0.776. The van der Waals surface area contributed by atoms with E-state index >= 15 is 0 Å². The van der Waals surface area contributed by atoms with E-state index in [2.05, 4.69) is 125 Å². The molecule has 0 atom stereocenters. The SMILES string of the molecule is C=Cc1oc2ccc(-c3ccc4c(c3)c(B3OC(C)(C)C(C)(C)O3)cc3oc5c6ccccc6ccc5c34)cc2c1/C=C\C.CSS. The Kier molecular flexibility index (Phi) is 8.08. The predicted molar refractivity (Wildman–Crippen MR) is 207 cm³/mol. The second-order valence-electron chi connectivity index (χ2n) is 12.9. The fraction of sp³-hybridized carbons (Fsp3) is 0.200. The van der Waals surface area contributed by atoms with E-state index < -0.39 is 18.3 Å². The molecule has 0 spiro atoms. The van der Waals surface area contributed by atoms with E-state index in [1.54, 1.807) is 6.08 Å². The molecule has 7 heteroatoms. The molecule has 1 aliphatic heterocycles. The third kappa shape index (κ3) is 5.21. The molecule has 1 fully saturated rings. The van der Waals surface area contributed by atoms with E-state index in [-0.39, 0.29) is 0 Å². The Balaban J connectivity index is 0.00000113. The highest BCUT2D eigenvalue weighted by Crippen LogP contribution is 2.42. The zero-order chi connectivity index (χ0) is 33.1. The first-order valence-electron chi connectivity index (χ1n) is 15.8. The van der Waals surface area contributed by atoms with Gasteiger partial charge in [-0.2, -0.15) is 0 Å². The first kappa shape index (κ1) is 31.7. The van der Waals surface area contributed by atoms with Crippen LogP contribution in [-0.4, -0.2) is 24.6 Å². The van der Waals surface area contributed by atoms with Gasteiger partial charge in [0.05, 0.1) is 11.2 Å². The Morgan fingerprint density at radius 3 is 2.11 bits per heavy atom. The van der Waals surface area contributed by atoms with Crippen LogP contribution in [0.25, 0.3) is 77.7 Å². The third-order valence-electron chi connectivity index (χ3n) is 9.61. The molecule has 0 unspecified atom stereocenters. The van der Waals surface area contributed by atoms with Crippen molar-refractivity contribution in [3.63, 3.8) is 0 Å². The molecule has 1 aliphatic rings. The van der Waals surface area contributed by atoms with Crippen molar-refractivity contribution in [1.82, 2.24) is 0 Å². The second-order valence-corrected chi connectivity index (χ2v) is 14.4. The third-order valence-corrected chi connectivity index (χ3v) is 9.61. The highest BCUT2D eigenvalue weighted by Gasteiger charge is 2.52. The minimum atomic E-state index is -0.542. The standard InChI is InChI=1S/C39H33BO4.CH4S2/c1-7-11-27-31-21-25(16-19-34(31)41-33(27)8-2)24-15-17-28-30(20-24)32(40-43-38(3,4)39(5,6)44-40)22-35-36(28)29-18-14-23-12-9-10-13-26(23)37(29)42-35;1-3-2/h7-22H,2H2,1,3-6H3;2H,1H3/b11-7-;. The van der Waals surface area contributed by atoms with Gasteiger partial charge in [-0.15, -0.1) is 22.5 Å². The summed E-state index contributed by atoms with van der Waals surface area (Å²) in [5.41, 5.74) is 5.82. The molecular formula is C40H37BO4S2. The van der Waals surface area contributed by atoms with Gasteiger partial charge in [-0.05, 0) is 110 Å². The van der Waals surface area contributed by atoms with E-state index in [4.69, 9.17) is 18.1 Å². The van der Waals surface area contributed by atoms with Crippen LogP contribution in [-0.2, 0) is 9.31 Å². The maximum atomic E-state index is 6.65. The van der Waals surface area contributed by atoms with Gasteiger partial charge in [0.15, 0.2) is 0 Å². The number of furan rings is 2. The summed E-state index contributed by atoms with van der Waals surface area (Å²) in [5, 5.41) is 7.71. The van der Waals surface area contributed by atoms with Gasteiger partial charge in [0.2, 0.25) is 0 Å². The molecule has 236 valence electrons. The number of rotatable bonds is 4. The van der Waals surface area contributed by atoms with Gasteiger partial charge in [-0.3, -0.25) is 0 Å². The van der Waals surface area contributed by atoms with E-state index in [0.29, 0.717) is 0 Å². The lowest BCUT2D eigenvalue weighted by atomic mass is 9.75. The van der Waals surface area contributed by atoms with Crippen LogP contribution in [0.15, 0.2) is 100 Å². The van der Waals surface area contributed by atoms with Crippen LogP contribution in [0.2, 0.25) is 0 Å². The fourth-order valence-electron chi connectivity index (χ4n) is 6.59. The average Bonchev–Trinajstić information content (AvgIpc) is 3.68. The molecule has 0 bridgehead atoms. The molecular weight excluding hydrogens is 619 g/mol. The normalized spacial score (nSPS) is 15.8. The predicted octanol–water partition coefficient (Wildman–Crippen LogP) is 11.5. The molecule has 0 saturated carbocycles. The van der Waals surface area contributed by atoms with Crippen LogP contribution in [0.1, 0.15) is 45.9 Å². The Labute approximate surface area is 284 Å². The second kappa shape index (κ2) is 12.0. The Morgan fingerprint density at radius 1 is 0.745 bits per heavy atom. The topological polar surface area (TPSA) is 44.7 Å². The average molecular weight is 657 g/mol. The van der Waals surface area contributed by atoms with Crippen LogP contribution in [0.3, 0.4) is 0 Å². The van der Waals surface area contributed by atoms with Crippen LogP contribution >= 0.6 is 22.5 Å². The first-order valence-corrected chi connectivity index (χ1v) is 18.0. The van der Waals surface area contributed by atoms with Crippen molar-refractivity contribution in [3.8, 4) is 11.1 Å². The summed E-state index contributed by atoms with van der Waals surface area (Å²) in [6.45, 7) is 14.3. The maximum absolute atomic E-state index is 6.65. The summed E-state index contributed by atoms with van der Waals surface area (Å²) >= 11 is 3.71. The van der Waals surface area contributed by atoms with Gasteiger partial charge in [0.25, 0.3) is 0 Å². The van der Waals surface area contributed by atoms with E-state index in [9.17, 15) is 0 Å². The fourth-order valence-corrected chi connectivity index (χ4v) is 6.59. The van der Waals surface area contributed by atoms with Gasteiger partial charge in [0, 0.05) is 27.1 Å². The molecule has 8 rings (SSSR count). The summed E-state index contributed by atoms with van der Waals surface area (Å²) in [4.78, 5) is 0. The quantitative estimate of drug-likeness (QED) is 0.116. The molecule has 0 amide bonds. The summed E-state index contributed by atoms with van der Waals surface area (Å²) in [7, 11) is 0.903. The molecule has 7 aromatic rings. The summed E-state index contributed by atoms with van der Waals surface area (Å²) in [6.07, 6.45) is 7.78. The Hall–Kier alpha value is -3.88. The molecule has 1 saturated heterocycles. The Morgan fingerprint density at radius 2 is 1.40 bits per heavy atom. The summed E-state index contributed by atoms with van der Waals surface area (Å²) < 4.78 is 26.0. The maximum Gasteiger partial charge on any atom is 0.495 e. The van der Waals surface area contributed by atoms with Crippen molar-refractivity contribution in [2.45, 2.75) is 45.8 Å². The van der Waals surface area contributed by atoms with Gasteiger partial charge < -0.3 is 18.1 Å². The van der Waals surface area contributed by atoms with Crippen LogP contribution < -0.4 is 5.46 Å². The number of hydrogen-bond acceptors (Lipinski definition) is 6. The zero-order valence-electron chi connectivity index (χ0n) is 27.5. The van der Waals surface area contributed by atoms with Crippen molar-refractivity contribution in [1.29, 1.82) is 0 Å². The molecule has 0 N–H and O–H groups in total. The zero-order valence-corrected chi connectivity index (χ0v) is 29.2. The largest absolute Gasteiger partial charge is 0.495 e. The van der Waals surface area contributed by atoms with Gasteiger partial charge >= 0.3 is 7.12 Å². The molecule has 0 aliphatic carbocycles. The van der Waals surface area contributed by atoms with Gasteiger partial charge in [-0.25, -0.2) is 0 Å². The highest BCUT2D eigenvalue weighted by molar-refractivity contribution is 8.68. The minimum absolute atomic E-state index is 0.473. The monoisotopic (exact) mass is 656 g/mol. The van der Waals surface area contributed by atoms with Crippen molar-refractivity contribution < 1.29 is 18.1 Å². The number of fused-ring (bicyclic) bond motifs is 8. The van der Waals surface area contributed by atoms with Gasteiger partial charge in [-0.1, -0.05) is 67.3 Å². The minimum Gasteiger partial charge on any atom is -0.456 e. The van der Waals surface area contributed by atoms with Crippen LogP contribution in [0.4, 0.5) is 0 Å². The van der Waals surface area contributed by atoms with Gasteiger partial charge in [0.1, 0.15) is 22.5 Å². The number of thiol groups is 1. The van der Waals surface area contributed by atoms with E-state index in [1.807, 2.05) is 25.3 Å². The van der Waals surface area contributed by atoms with Crippen molar-refractivity contribution in [2.24, 2.45) is 0 Å². The van der Waals surface area contributed by atoms with Crippen molar-refractivity contribution >= 4 is 102 Å². The molecule has 2 aromatic heterocycles. The number of allylic oxidation sites excluding steroid dienone is 1. The number of hydrogen-bond donors (Lipinski definition) is 1.